The van der Waals surface area contributed by atoms with E-state index in [4.69, 9.17) is 9.84 Å². The lowest BCUT2D eigenvalue weighted by Crippen LogP contribution is -1.96. The third kappa shape index (κ3) is 3.37. The molecule has 0 fully saturated rings. The summed E-state index contributed by atoms with van der Waals surface area (Å²) in [5.41, 5.74) is 0.916. The number of hydrogen-bond acceptors (Lipinski definition) is 3. The first kappa shape index (κ1) is 13.7. The van der Waals surface area contributed by atoms with Gasteiger partial charge in [0.1, 0.15) is 22.8 Å². The first-order valence-corrected chi connectivity index (χ1v) is 6.55. The molecule has 0 aliphatic heterocycles. The number of ether oxygens (including phenoxy) is 1. The van der Waals surface area contributed by atoms with E-state index >= 15 is 0 Å². The van der Waals surface area contributed by atoms with Gasteiger partial charge in [0.2, 0.25) is 0 Å². The maximum atomic E-state index is 10.8. The van der Waals surface area contributed by atoms with Gasteiger partial charge in [0.15, 0.2) is 0 Å². The molecule has 0 amide bonds. The van der Waals surface area contributed by atoms with Gasteiger partial charge in [-0.05, 0) is 65.4 Å². The Labute approximate surface area is 123 Å². The van der Waals surface area contributed by atoms with Crippen LogP contribution >= 0.6 is 22.6 Å². The highest BCUT2D eigenvalue weighted by molar-refractivity contribution is 14.1. The Morgan fingerprint density at radius 2 is 1.89 bits per heavy atom. The number of benzene rings is 2. The Bertz CT molecular complexity index is 617. The van der Waals surface area contributed by atoms with Crippen LogP contribution in [-0.2, 0) is 0 Å². The highest BCUT2D eigenvalue weighted by Gasteiger charge is 2.10. The third-order valence-electron chi connectivity index (χ3n) is 2.45. The van der Waals surface area contributed by atoms with Crippen LogP contribution in [0.15, 0.2) is 36.4 Å². The first-order chi connectivity index (χ1) is 8.95. The van der Waals surface area contributed by atoms with Crippen LogP contribution in [0.4, 0.5) is 0 Å². The number of rotatable bonds is 3. The molecule has 2 aromatic rings. The molecule has 19 heavy (non-hydrogen) atoms. The maximum absolute atomic E-state index is 10.8. The quantitative estimate of drug-likeness (QED) is 0.807. The van der Waals surface area contributed by atoms with Crippen LogP contribution in [-0.4, -0.2) is 16.2 Å². The van der Waals surface area contributed by atoms with Gasteiger partial charge in [-0.15, -0.1) is 0 Å². The average Bonchev–Trinajstić information content (AvgIpc) is 2.26. The van der Waals surface area contributed by atoms with Crippen LogP contribution < -0.4 is 4.74 Å². The standard InChI is InChI=1S/C14H11IO4/c1-8-4-9(15)6-11(5-8)19-10-2-3-12(14(17)18)13(16)7-10/h2-7,16H,1H3,(H,17,18). The molecule has 0 saturated carbocycles. The number of aromatic carboxylic acids is 1. The summed E-state index contributed by atoms with van der Waals surface area (Å²) in [6.45, 7) is 1.96. The number of carboxylic acid groups (broad SMARTS) is 1. The van der Waals surface area contributed by atoms with E-state index in [2.05, 4.69) is 22.6 Å². The van der Waals surface area contributed by atoms with Crippen molar-refractivity contribution in [2.45, 2.75) is 6.92 Å². The summed E-state index contributed by atoms with van der Waals surface area (Å²) in [5, 5.41) is 18.4. The Morgan fingerprint density at radius 3 is 2.47 bits per heavy atom. The summed E-state index contributed by atoms with van der Waals surface area (Å²) < 4.78 is 6.64. The highest BCUT2D eigenvalue weighted by Crippen LogP contribution is 2.29. The Morgan fingerprint density at radius 1 is 1.16 bits per heavy atom. The Kier molecular flexibility index (Phi) is 3.94. The van der Waals surface area contributed by atoms with E-state index in [1.165, 1.54) is 18.2 Å². The van der Waals surface area contributed by atoms with Gasteiger partial charge in [0.05, 0.1) is 0 Å². The molecule has 0 unspecified atom stereocenters. The normalized spacial score (nSPS) is 10.2. The lowest BCUT2D eigenvalue weighted by molar-refractivity contribution is 0.0693. The monoisotopic (exact) mass is 370 g/mol. The molecule has 5 heteroatoms. The third-order valence-corrected chi connectivity index (χ3v) is 3.07. The molecule has 0 bridgehead atoms. The van der Waals surface area contributed by atoms with Crippen LogP contribution in [0.3, 0.4) is 0 Å². The van der Waals surface area contributed by atoms with Crippen molar-refractivity contribution in [3.05, 3.63) is 51.1 Å². The zero-order valence-corrected chi connectivity index (χ0v) is 12.2. The summed E-state index contributed by atoms with van der Waals surface area (Å²) in [4.78, 5) is 10.8. The van der Waals surface area contributed by atoms with E-state index < -0.39 is 5.97 Å². The minimum absolute atomic E-state index is 0.147. The van der Waals surface area contributed by atoms with Crippen molar-refractivity contribution in [2.75, 3.05) is 0 Å². The molecule has 2 aromatic carbocycles. The largest absolute Gasteiger partial charge is 0.507 e. The number of hydrogen-bond donors (Lipinski definition) is 2. The van der Waals surface area contributed by atoms with E-state index in [9.17, 15) is 9.90 Å². The lowest BCUT2D eigenvalue weighted by Gasteiger charge is -2.08. The Hall–Kier alpha value is -1.76. The number of carboxylic acids is 1. The summed E-state index contributed by atoms with van der Waals surface area (Å²) in [6.07, 6.45) is 0. The van der Waals surface area contributed by atoms with E-state index in [1.807, 2.05) is 25.1 Å². The van der Waals surface area contributed by atoms with Gasteiger partial charge in [-0.3, -0.25) is 0 Å². The number of phenols is 1. The number of carbonyl (C=O) groups is 1. The summed E-state index contributed by atoms with van der Waals surface area (Å²) in [5.74, 6) is -0.447. The summed E-state index contributed by atoms with van der Waals surface area (Å²) in [6, 6.07) is 9.85. The van der Waals surface area contributed by atoms with Crippen LogP contribution in [0.5, 0.6) is 17.2 Å². The fourth-order valence-electron chi connectivity index (χ4n) is 1.65. The van der Waals surface area contributed by atoms with Crippen LogP contribution in [0, 0.1) is 10.5 Å². The predicted octanol–water partition coefficient (Wildman–Crippen LogP) is 3.80. The number of aromatic hydroxyl groups is 1. The number of aryl methyl sites for hydroxylation is 1. The zero-order valence-electron chi connectivity index (χ0n) is 10.1. The first-order valence-electron chi connectivity index (χ1n) is 5.47. The van der Waals surface area contributed by atoms with Gasteiger partial charge < -0.3 is 14.9 Å². The predicted molar refractivity (Wildman–Crippen MR) is 79.0 cm³/mol. The summed E-state index contributed by atoms with van der Waals surface area (Å²) in [7, 11) is 0. The second-order valence-corrected chi connectivity index (χ2v) is 5.30. The van der Waals surface area contributed by atoms with Crippen molar-refractivity contribution in [1.82, 2.24) is 0 Å². The average molecular weight is 370 g/mol. The van der Waals surface area contributed by atoms with E-state index in [0.29, 0.717) is 11.5 Å². The molecule has 0 spiro atoms. The minimum Gasteiger partial charge on any atom is -0.507 e. The Balaban J connectivity index is 2.28. The molecule has 0 radical (unpaired) electrons. The van der Waals surface area contributed by atoms with Crippen molar-refractivity contribution >= 4 is 28.6 Å². The molecule has 2 N–H and O–H groups in total. The van der Waals surface area contributed by atoms with Gasteiger partial charge in [-0.1, -0.05) is 0 Å². The lowest BCUT2D eigenvalue weighted by atomic mass is 10.2. The second kappa shape index (κ2) is 5.48. The highest BCUT2D eigenvalue weighted by atomic mass is 127. The van der Waals surface area contributed by atoms with Gasteiger partial charge >= 0.3 is 5.97 Å². The van der Waals surface area contributed by atoms with Crippen LogP contribution in [0.25, 0.3) is 0 Å². The van der Waals surface area contributed by atoms with Gasteiger partial charge in [0, 0.05) is 9.64 Å². The maximum Gasteiger partial charge on any atom is 0.339 e. The molecule has 0 atom stereocenters. The van der Waals surface area contributed by atoms with Gasteiger partial charge in [0.25, 0.3) is 0 Å². The molecule has 0 aliphatic rings. The van der Waals surface area contributed by atoms with Crippen molar-refractivity contribution in [3.63, 3.8) is 0 Å². The van der Waals surface area contributed by atoms with Crippen molar-refractivity contribution in [3.8, 4) is 17.2 Å². The molecular weight excluding hydrogens is 359 g/mol. The zero-order chi connectivity index (χ0) is 14.0. The fourth-order valence-corrected chi connectivity index (χ4v) is 2.45. The SMILES string of the molecule is Cc1cc(I)cc(Oc2ccc(C(=O)O)c(O)c2)c1. The topological polar surface area (TPSA) is 66.8 Å². The van der Waals surface area contributed by atoms with E-state index in [-0.39, 0.29) is 11.3 Å². The smallest absolute Gasteiger partial charge is 0.339 e. The van der Waals surface area contributed by atoms with Crippen molar-refractivity contribution < 1.29 is 19.7 Å². The molecule has 0 aromatic heterocycles. The molecule has 0 saturated heterocycles. The number of halogens is 1. The van der Waals surface area contributed by atoms with E-state index in [1.54, 1.807) is 0 Å². The van der Waals surface area contributed by atoms with Crippen molar-refractivity contribution in [2.24, 2.45) is 0 Å². The van der Waals surface area contributed by atoms with Crippen LogP contribution in [0.2, 0.25) is 0 Å². The summed E-state index contributed by atoms with van der Waals surface area (Å²) >= 11 is 2.19. The molecule has 0 heterocycles. The van der Waals surface area contributed by atoms with Crippen molar-refractivity contribution in [1.29, 1.82) is 0 Å². The van der Waals surface area contributed by atoms with Crippen LogP contribution in [0.1, 0.15) is 15.9 Å². The molecule has 0 aliphatic carbocycles. The second-order valence-electron chi connectivity index (χ2n) is 4.05. The molecular formula is C14H11IO4. The minimum atomic E-state index is -1.17. The molecule has 4 nitrogen and oxygen atoms in total. The van der Waals surface area contributed by atoms with Gasteiger partial charge in [-0.2, -0.15) is 0 Å². The van der Waals surface area contributed by atoms with E-state index in [0.717, 1.165) is 9.13 Å². The molecule has 98 valence electrons. The molecule has 2 rings (SSSR count). The fraction of sp³-hybridized carbons (Fsp3) is 0.0714. The van der Waals surface area contributed by atoms with Gasteiger partial charge in [-0.25, -0.2) is 4.79 Å².